The van der Waals surface area contributed by atoms with E-state index in [1.807, 2.05) is 19.2 Å². The number of piperidine rings is 1. The van der Waals surface area contributed by atoms with Crippen LogP contribution in [0.2, 0.25) is 0 Å². The first kappa shape index (κ1) is 25.7. The zero-order valence-electron chi connectivity index (χ0n) is 20.4. The molecule has 0 amide bonds. The lowest BCUT2D eigenvalue weighted by molar-refractivity contribution is -0.109. The summed E-state index contributed by atoms with van der Waals surface area (Å²) < 4.78 is 5.41. The van der Waals surface area contributed by atoms with Crippen LogP contribution in [0.15, 0.2) is 54.7 Å². The van der Waals surface area contributed by atoms with Crippen molar-refractivity contribution in [3.8, 4) is 0 Å². The minimum Gasteiger partial charge on any atom is -0.392 e. The zero-order valence-corrected chi connectivity index (χ0v) is 20.4. The number of allylic oxidation sites excluding steroid dienone is 1. The molecule has 34 heavy (non-hydrogen) atoms. The number of nitrogens with zero attached hydrogens (tertiary/aromatic N) is 1. The molecule has 6 nitrogen and oxygen atoms in total. The highest BCUT2D eigenvalue weighted by molar-refractivity contribution is 5.74. The van der Waals surface area contributed by atoms with Gasteiger partial charge < -0.3 is 25.1 Å². The Morgan fingerprint density at radius 3 is 2.50 bits per heavy atom. The Balaban J connectivity index is 1.63. The smallest absolute Gasteiger partial charge is 0.150 e. The Labute approximate surface area is 203 Å². The fourth-order valence-electron chi connectivity index (χ4n) is 4.50. The lowest BCUT2D eigenvalue weighted by Gasteiger charge is -2.34. The largest absolute Gasteiger partial charge is 0.392 e. The molecule has 0 spiro atoms. The second-order valence-corrected chi connectivity index (χ2v) is 8.95. The molecular formula is C28H37N3O3. The maximum absolute atomic E-state index is 11.6. The first-order chi connectivity index (χ1) is 16.6. The number of benzene rings is 2. The molecule has 0 saturated carbocycles. The summed E-state index contributed by atoms with van der Waals surface area (Å²) in [4.78, 5) is 24.9. The molecule has 1 aliphatic heterocycles. The first-order valence-electron chi connectivity index (χ1n) is 12.0. The summed E-state index contributed by atoms with van der Waals surface area (Å²) >= 11 is 0. The molecular weight excluding hydrogens is 426 g/mol. The summed E-state index contributed by atoms with van der Waals surface area (Å²) in [6.45, 7) is 7.07. The lowest BCUT2D eigenvalue weighted by Crippen LogP contribution is -2.33. The van der Waals surface area contributed by atoms with E-state index in [1.54, 1.807) is 7.11 Å². The van der Waals surface area contributed by atoms with Gasteiger partial charge in [-0.3, -0.25) is 4.79 Å². The third-order valence-corrected chi connectivity index (χ3v) is 6.72. The van der Waals surface area contributed by atoms with E-state index in [0.29, 0.717) is 25.5 Å². The first-order valence-corrected chi connectivity index (χ1v) is 12.0. The molecule has 0 aromatic heterocycles. The summed E-state index contributed by atoms with van der Waals surface area (Å²) in [5.41, 5.74) is 6.46. The van der Waals surface area contributed by atoms with Gasteiger partial charge in [-0.15, -0.1) is 0 Å². The van der Waals surface area contributed by atoms with Crippen LogP contribution in [-0.2, 0) is 22.7 Å². The molecule has 2 N–H and O–H groups in total. The molecule has 3 rings (SSSR count). The molecule has 1 atom stereocenters. The van der Waals surface area contributed by atoms with Crippen LogP contribution in [0.5, 0.6) is 0 Å². The Kier molecular flexibility index (Phi) is 9.86. The van der Waals surface area contributed by atoms with Crippen molar-refractivity contribution in [3.05, 3.63) is 77.0 Å². The Morgan fingerprint density at radius 2 is 1.88 bits per heavy atom. The van der Waals surface area contributed by atoms with Crippen molar-refractivity contribution in [1.29, 1.82) is 0 Å². The number of anilines is 1. The molecule has 1 unspecified atom stereocenters. The number of hydrogen-bond acceptors (Lipinski definition) is 6. The van der Waals surface area contributed by atoms with Crippen molar-refractivity contribution >= 4 is 18.3 Å². The third-order valence-electron chi connectivity index (χ3n) is 6.72. The van der Waals surface area contributed by atoms with Crippen molar-refractivity contribution < 1.29 is 14.3 Å². The van der Waals surface area contributed by atoms with Crippen LogP contribution in [0.1, 0.15) is 58.6 Å². The topological polar surface area (TPSA) is 70.7 Å². The van der Waals surface area contributed by atoms with Gasteiger partial charge in [0.15, 0.2) is 0 Å². The number of ether oxygens (including phenoxy) is 1. The van der Waals surface area contributed by atoms with Crippen LogP contribution in [0, 0.1) is 0 Å². The van der Waals surface area contributed by atoms with Crippen molar-refractivity contribution in [2.24, 2.45) is 0 Å². The van der Waals surface area contributed by atoms with E-state index in [9.17, 15) is 9.59 Å². The molecule has 0 bridgehead atoms. The molecule has 2 aromatic carbocycles. The number of nitrogens with one attached hydrogen (secondary N) is 2. The summed E-state index contributed by atoms with van der Waals surface area (Å²) in [7, 11) is 3.55. The van der Waals surface area contributed by atoms with Gasteiger partial charge in [0.2, 0.25) is 0 Å². The van der Waals surface area contributed by atoms with Crippen molar-refractivity contribution in [2.75, 3.05) is 32.1 Å². The van der Waals surface area contributed by atoms with Crippen molar-refractivity contribution in [3.63, 3.8) is 0 Å². The standard InChI is InChI=1S/C28H37N3O3/c1-21(29-2)4-10-27(19-33)30-17-26-16-28(11-9-25(26)20-34-3)31-14-12-24(13-15-31)23-7-5-22(18-32)6-8-23/h5-9,11,16,18-19,24,27,29-30H,1,4,10,12-15,17,20H2,2-3H3. The van der Waals surface area contributed by atoms with E-state index in [4.69, 9.17) is 4.74 Å². The molecule has 6 heteroatoms. The Bertz CT molecular complexity index is 950. The van der Waals surface area contributed by atoms with E-state index in [2.05, 4.69) is 52.4 Å². The highest BCUT2D eigenvalue weighted by Crippen LogP contribution is 2.31. The SMILES string of the molecule is C=C(CCC(C=O)NCc1cc(N2CCC(c3ccc(C=O)cc3)CC2)ccc1COC)NC. The van der Waals surface area contributed by atoms with E-state index >= 15 is 0 Å². The highest BCUT2D eigenvalue weighted by Gasteiger charge is 2.21. The van der Waals surface area contributed by atoms with Crippen molar-refractivity contribution in [1.82, 2.24) is 10.6 Å². The summed E-state index contributed by atoms with van der Waals surface area (Å²) in [5.74, 6) is 0.520. The quantitative estimate of drug-likeness (QED) is 0.434. The molecule has 0 radical (unpaired) electrons. The molecule has 182 valence electrons. The number of carbonyl (C=O) groups excluding carboxylic acids is 2. The van der Waals surface area contributed by atoms with E-state index in [-0.39, 0.29) is 6.04 Å². The Morgan fingerprint density at radius 1 is 1.15 bits per heavy atom. The van der Waals surface area contributed by atoms with Crippen LogP contribution in [0.4, 0.5) is 5.69 Å². The molecule has 1 aliphatic rings. The average Bonchev–Trinajstić information content (AvgIpc) is 2.89. The van der Waals surface area contributed by atoms with Gasteiger partial charge >= 0.3 is 0 Å². The molecule has 0 aliphatic carbocycles. The molecule has 2 aromatic rings. The predicted octanol–water partition coefficient (Wildman–Crippen LogP) is 4.20. The molecule has 1 saturated heterocycles. The molecule has 1 heterocycles. The number of rotatable bonds is 13. The van der Waals surface area contributed by atoms with Gasteiger partial charge in [0.05, 0.1) is 12.6 Å². The molecule has 1 fully saturated rings. The third kappa shape index (κ3) is 7.02. The second-order valence-electron chi connectivity index (χ2n) is 8.95. The maximum atomic E-state index is 11.6. The number of hydrogen-bond donors (Lipinski definition) is 2. The van der Waals surface area contributed by atoms with Crippen molar-refractivity contribution in [2.45, 2.75) is 50.8 Å². The van der Waals surface area contributed by atoms with Crippen LogP contribution < -0.4 is 15.5 Å². The van der Waals surface area contributed by atoms with E-state index in [0.717, 1.165) is 67.3 Å². The predicted molar refractivity (Wildman–Crippen MR) is 137 cm³/mol. The summed E-state index contributed by atoms with van der Waals surface area (Å²) in [6.07, 6.45) is 5.50. The van der Waals surface area contributed by atoms with Crippen LogP contribution in [0.3, 0.4) is 0 Å². The van der Waals surface area contributed by atoms with Crippen LogP contribution in [-0.4, -0.2) is 45.9 Å². The monoisotopic (exact) mass is 463 g/mol. The van der Waals surface area contributed by atoms with Crippen LogP contribution in [0.25, 0.3) is 0 Å². The number of carbonyl (C=O) groups is 2. The van der Waals surface area contributed by atoms with Gasteiger partial charge in [-0.1, -0.05) is 36.9 Å². The highest BCUT2D eigenvalue weighted by atomic mass is 16.5. The van der Waals surface area contributed by atoms with E-state index < -0.39 is 0 Å². The van der Waals surface area contributed by atoms with Gasteiger partial charge in [-0.05, 0) is 60.4 Å². The average molecular weight is 464 g/mol. The second kappa shape index (κ2) is 13.1. The van der Waals surface area contributed by atoms with Gasteiger partial charge in [-0.2, -0.15) is 0 Å². The number of methoxy groups -OCH3 is 1. The van der Waals surface area contributed by atoms with Gasteiger partial charge in [0.25, 0.3) is 0 Å². The zero-order chi connectivity index (χ0) is 24.3. The Hall–Kier alpha value is -2.96. The van der Waals surface area contributed by atoms with Gasteiger partial charge in [-0.25, -0.2) is 0 Å². The minimum atomic E-state index is -0.217. The normalized spacial score (nSPS) is 15.1. The maximum Gasteiger partial charge on any atom is 0.150 e. The van der Waals surface area contributed by atoms with E-state index in [1.165, 1.54) is 11.3 Å². The summed E-state index contributed by atoms with van der Waals surface area (Å²) in [6, 6.07) is 14.3. The lowest BCUT2D eigenvalue weighted by atomic mass is 9.88. The van der Waals surface area contributed by atoms with Crippen LogP contribution >= 0.6 is 0 Å². The summed E-state index contributed by atoms with van der Waals surface area (Å²) in [5, 5.41) is 6.43. The van der Waals surface area contributed by atoms with Gasteiger partial charge in [0, 0.05) is 50.7 Å². The fourth-order valence-corrected chi connectivity index (χ4v) is 4.50. The number of aldehydes is 2. The fraction of sp³-hybridized carbons (Fsp3) is 0.429. The van der Waals surface area contributed by atoms with Gasteiger partial charge in [0.1, 0.15) is 12.6 Å². The minimum absolute atomic E-state index is 0.217.